The lowest BCUT2D eigenvalue weighted by atomic mass is 10.1. The van der Waals surface area contributed by atoms with E-state index in [1.165, 1.54) is 0 Å². The highest BCUT2D eigenvalue weighted by Gasteiger charge is 2.15. The smallest absolute Gasteiger partial charge is 0.244 e. The number of anilines is 1. The first-order chi connectivity index (χ1) is 14.4. The average Bonchev–Trinajstić information content (AvgIpc) is 3.23. The molecule has 0 saturated carbocycles. The standard InChI is InChI=1S/C22H22N6OS/c1-14-7-6-8-17(11-14)21-24-25-22(30)27(21)13-20(29)23-18-9-4-5-10-19(18)28-16(3)12-15(2)26-28/h4-12H,13H2,1-3H3,(H,23,29)(H,25,30). The van der Waals surface area contributed by atoms with Crippen LogP contribution in [0.25, 0.3) is 17.1 Å². The van der Waals surface area contributed by atoms with Crippen molar-refractivity contribution in [2.24, 2.45) is 0 Å². The van der Waals surface area contributed by atoms with E-state index in [2.05, 4.69) is 20.6 Å². The fourth-order valence-corrected chi connectivity index (χ4v) is 3.64. The number of aryl methyl sites for hydroxylation is 3. The second-order valence-corrected chi connectivity index (χ2v) is 7.60. The molecule has 4 rings (SSSR count). The maximum absolute atomic E-state index is 12.9. The summed E-state index contributed by atoms with van der Waals surface area (Å²) in [5, 5.41) is 14.6. The monoisotopic (exact) mass is 418 g/mol. The molecule has 2 aromatic heterocycles. The molecule has 4 aromatic rings. The van der Waals surface area contributed by atoms with Crippen molar-refractivity contribution in [3.8, 4) is 17.1 Å². The van der Waals surface area contributed by atoms with Crippen LogP contribution >= 0.6 is 12.2 Å². The molecule has 0 unspecified atom stereocenters. The lowest BCUT2D eigenvalue weighted by Gasteiger charge is -2.13. The topological polar surface area (TPSA) is 80.5 Å². The van der Waals surface area contributed by atoms with Gasteiger partial charge in [0.25, 0.3) is 0 Å². The molecule has 0 saturated heterocycles. The summed E-state index contributed by atoms with van der Waals surface area (Å²) in [6, 6.07) is 17.5. The van der Waals surface area contributed by atoms with Crippen LogP contribution in [0.1, 0.15) is 17.0 Å². The van der Waals surface area contributed by atoms with Crippen LogP contribution in [0.3, 0.4) is 0 Å². The Balaban J connectivity index is 1.61. The van der Waals surface area contributed by atoms with Crippen LogP contribution in [-0.4, -0.2) is 30.5 Å². The maximum Gasteiger partial charge on any atom is 0.244 e. The normalized spacial score (nSPS) is 10.9. The van der Waals surface area contributed by atoms with Gasteiger partial charge in [0.15, 0.2) is 10.6 Å². The van der Waals surface area contributed by atoms with Crippen LogP contribution in [0.2, 0.25) is 0 Å². The Kier molecular flexibility index (Phi) is 5.33. The van der Waals surface area contributed by atoms with Crippen molar-refractivity contribution in [1.29, 1.82) is 0 Å². The number of aromatic nitrogens is 5. The summed E-state index contributed by atoms with van der Waals surface area (Å²) in [6.07, 6.45) is 0. The zero-order chi connectivity index (χ0) is 21.3. The second kappa shape index (κ2) is 8.08. The number of carbonyl (C=O) groups is 1. The highest BCUT2D eigenvalue weighted by atomic mass is 32.1. The number of para-hydroxylation sites is 2. The Morgan fingerprint density at radius 2 is 1.90 bits per heavy atom. The van der Waals surface area contributed by atoms with Gasteiger partial charge < -0.3 is 5.32 Å². The zero-order valence-electron chi connectivity index (χ0n) is 17.0. The minimum absolute atomic E-state index is 0.0457. The van der Waals surface area contributed by atoms with Crippen molar-refractivity contribution in [3.05, 3.63) is 76.3 Å². The van der Waals surface area contributed by atoms with E-state index < -0.39 is 0 Å². The van der Waals surface area contributed by atoms with Crippen LogP contribution in [-0.2, 0) is 11.3 Å². The quantitative estimate of drug-likeness (QED) is 0.472. The molecule has 8 heteroatoms. The number of aromatic amines is 1. The van der Waals surface area contributed by atoms with Gasteiger partial charge in [-0.05, 0) is 57.3 Å². The van der Waals surface area contributed by atoms with Crippen LogP contribution in [0, 0.1) is 25.5 Å². The maximum atomic E-state index is 12.9. The third-order valence-corrected chi connectivity index (χ3v) is 5.06. The minimum Gasteiger partial charge on any atom is -0.323 e. The molecule has 0 spiro atoms. The van der Waals surface area contributed by atoms with Gasteiger partial charge in [-0.15, -0.1) is 0 Å². The molecule has 0 radical (unpaired) electrons. The summed E-state index contributed by atoms with van der Waals surface area (Å²) in [6.45, 7) is 5.98. The van der Waals surface area contributed by atoms with Crippen molar-refractivity contribution in [2.75, 3.05) is 5.32 Å². The number of H-pyrrole nitrogens is 1. The molecule has 2 aromatic carbocycles. The van der Waals surface area contributed by atoms with Crippen molar-refractivity contribution in [2.45, 2.75) is 27.3 Å². The first kappa shape index (κ1) is 19.8. The number of hydrogen-bond acceptors (Lipinski definition) is 4. The Bertz CT molecular complexity index is 1280. The predicted octanol–water partition coefficient (Wildman–Crippen LogP) is 4.36. The summed E-state index contributed by atoms with van der Waals surface area (Å²) in [7, 11) is 0. The fraction of sp³-hybridized carbons (Fsp3) is 0.182. The molecule has 152 valence electrons. The third kappa shape index (κ3) is 3.95. The van der Waals surface area contributed by atoms with Crippen molar-refractivity contribution < 1.29 is 4.79 Å². The zero-order valence-corrected chi connectivity index (χ0v) is 17.8. The summed E-state index contributed by atoms with van der Waals surface area (Å²) in [5.41, 5.74) is 5.41. The molecule has 0 aliphatic rings. The number of rotatable bonds is 5. The predicted molar refractivity (Wildman–Crippen MR) is 119 cm³/mol. The SMILES string of the molecule is Cc1cccc(-c2n[nH]c(=S)n2CC(=O)Nc2ccccc2-n2nc(C)cc2C)c1. The number of carbonyl (C=O) groups excluding carboxylic acids is 1. The largest absolute Gasteiger partial charge is 0.323 e. The van der Waals surface area contributed by atoms with Crippen LogP contribution < -0.4 is 5.32 Å². The van der Waals surface area contributed by atoms with E-state index in [1.807, 2.05) is 80.1 Å². The Hall–Kier alpha value is -3.52. The van der Waals surface area contributed by atoms with Gasteiger partial charge in [-0.3, -0.25) is 14.5 Å². The molecule has 0 fully saturated rings. The third-order valence-electron chi connectivity index (χ3n) is 4.75. The van der Waals surface area contributed by atoms with E-state index in [4.69, 9.17) is 12.2 Å². The van der Waals surface area contributed by atoms with Crippen LogP contribution in [0.5, 0.6) is 0 Å². The first-order valence-corrected chi connectivity index (χ1v) is 9.98. The van der Waals surface area contributed by atoms with E-state index in [0.29, 0.717) is 16.3 Å². The van der Waals surface area contributed by atoms with Crippen molar-refractivity contribution in [1.82, 2.24) is 24.5 Å². The lowest BCUT2D eigenvalue weighted by Crippen LogP contribution is -2.20. The van der Waals surface area contributed by atoms with Gasteiger partial charge in [-0.1, -0.05) is 35.9 Å². The van der Waals surface area contributed by atoms with E-state index in [-0.39, 0.29) is 12.5 Å². The molecule has 2 N–H and O–H groups in total. The molecule has 0 atom stereocenters. The number of nitrogens with one attached hydrogen (secondary N) is 2. The van der Waals surface area contributed by atoms with Gasteiger partial charge >= 0.3 is 0 Å². The molecule has 30 heavy (non-hydrogen) atoms. The number of amides is 1. The summed E-state index contributed by atoms with van der Waals surface area (Å²) < 4.78 is 3.92. The molecule has 1 amide bonds. The molecular weight excluding hydrogens is 396 g/mol. The highest BCUT2D eigenvalue weighted by molar-refractivity contribution is 7.71. The number of benzene rings is 2. The molecule has 0 bridgehead atoms. The van der Waals surface area contributed by atoms with Gasteiger partial charge in [0.1, 0.15) is 6.54 Å². The number of nitrogens with zero attached hydrogens (tertiary/aromatic N) is 4. The number of hydrogen-bond donors (Lipinski definition) is 2. The van der Waals surface area contributed by atoms with Crippen molar-refractivity contribution >= 4 is 23.8 Å². The van der Waals surface area contributed by atoms with Crippen LogP contribution in [0.15, 0.2) is 54.6 Å². The second-order valence-electron chi connectivity index (χ2n) is 7.21. The Morgan fingerprint density at radius 1 is 1.10 bits per heavy atom. The van der Waals surface area contributed by atoms with E-state index in [9.17, 15) is 4.79 Å². The van der Waals surface area contributed by atoms with Gasteiger partial charge in [0.2, 0.25) is 5.91 Å². The Morgan fingerprint density at radius 3 is 2.63 bits per heavy atom. The summed E-state index contributed by atoms with van der Waals surface area (Å²) in [4.78, 5) is 12.9. The van der Waals surface area contributed by atoms with E-state index in [1.54, 1.807) is 4.57 Å². The molecule has 0 aliphatic carbocycles. The molecule has 2 heterocycles. The fourth-order valence-electron chi connectivity index (χ4n) is 3.44. The lowest BCUT2D eigenvalue weighted by molar-refractivity contribution is -0.116. The molecular formula is C22H22N6OS. The minimum atomic E-state index is -0.199. The summed E-state index contributed by atoms with van der Waals surface area (Å²) in [5.74, 6) is 0.432. The van der Waals surface area contributed by atoms with Crippen molar-refractivity contribution in [3.63, 3.8) is 0 Å². The molecule has 0 aliphatic heterocycles. The van der Waals surface area contributed by atoms with Gasteiger partial charge in [-0.2, -0.15) is 10.2 Å². The van der Waals surface area contributed by atoms with Gasteiger partial charge in [-0.25, -0.2) is 4.68 Å². The van der Waals surface area contributed by atoms with E-state index in [0.717, 1.165) is 28.2 Å². The average molecular weight is 419 g/mol. The van der Waals surface area contributed by atoms with Gasteiger partial charge in [0.05, 0.1) is 17.1 Å². The first-order valence-electron chi connectivity index (χ1n) is 9.57. The highest BCUT2D eigenvalue weighted by Crippen LogP contribution is 2.22. The van der Waals surface area contributed by atoms with E-state index >= 15 is 0 Å². The summed E-state index contributed by atoms with van der Waals surface area (Å²) >= 11 is 5.36. The van der Waals surface area contributed by atoms with Crippen LogP contribution in [0.4, 0.5) is 5.69 Å². The molecule has 7 nitrogen and oxygen atoms in total. The van der Waals surface area contributed by atoms with Gasteiger partial charge in [0, 0.05) is 11.3 Å². The Labute approximate surface area is 179 Å².